The lowest BCUT2D eigenvalue weighted by Gasteiger charge is -2.16. The molecular formula is C9H14N4O7S. The van der Waals surface area contributed by atoms with E-state index in [2.05, 4.69) is 14.2 Å². The SMILES string of the molecule is CS(=O)(=O)OC[C@H]1O[C@@H](n2cnc(N)nc2=O)[C@H](O)[C@@H]1O. The van der Waals surface area contributed by atoms with Crippen LogP contribution in [0.5, 0.6) is 0 Å². The quantitative estimate of drug-likeness (QED) is 0.480. The topological polar surface area (TPSA) is 167 Å². The first-order chi connectivity index (χ1) is 9.69. The third-order valence-electron chi connectivity index (χ3n) is 2.80. The highest BCUT2D eigenvalue weighted by Gasteiger charge is 2.44. The summed E-state index contributed by atoms with van der Waals surface area (Å²) >= 11 is 0. The highest BCUT2D eigenvalue weighted by Crippen LogP contribution is 2.28. The van der Waals surface area contributed by atoms with E-state index < -0.39 is 47.0 Å². The monoisotopic (exact) mass is 322 g/mol. The van der Waals surface area contributed by atoms with Crippen molar-refractivity contribution in [2.75, 3.05) is 18.6 Å². The first kappa shape index (κ1) is 15.8. The summed E-state index contributed by atoms with van der Waals surface area (Å²) in [5.41, 5.74) is 4.41. The number of aliphatic hydroxyl groups is 2. The van der Waals surface area contributed by atoms with Gasteiger partial charge in [-0.25, -0.2) is 9.78 Å². The minimum absolute atomic E-state index is 0.249. The van der Waals surface area contributed by atoms with E-state index in [0.717, 1.165) is 17.2 Å². The summed E-state index contributed by atoms with van der Waals surface area (Å²) in [5, 5.41) is 19.7. The number of nitrogen functional groups attached to an aromatic ring is 1. The van der Waals surface area contributed by atoms with Crippen LogP contribution >= 0.6 is 0 Å². The zero-order valence-electron chi connectivity index (χ0n) is 10.9. The molecule has 1 aromatic heterocycles. The first-order valence-electron chi connectivity index (χ1n) is 5.75. The van der Waals surface area contributed by atoms with Crippen LogP contribution in [-0.2, 0) is 19.0 Å². The molecule has 1 aliphatic rings. The van der Waals surface area contributed by atoms with E-state index >= 15 is 0 Å². The van der Waals surface area contributed by atoms with Gasteiger partial charge in [-0.05, 0) is 0 Å². The summed E-state index contributed by atoms with van der Waals surface area (Å²) in [4.78, 5) is 18.6. The Morgan fingerprint density at radius 2 is 2.14 bits per heavy atom. The summed E-state index contributed by atoms with van der Waals surface area (Å²) in [5.74, 6) is -0.249. The molecule has 1 aromatic rings. The predicted octanol–water partition coefficient (Wildman–Crippen LogP) is -3.18. The van der Waals surface area contributed by atoms with Crippen LogP contribution in [0.25, 0.3) is 0 Å². The third-order valence-corrected chi connectivity index (χ3v) is 3.37. The smallest absolute Gasteiger partial charge is 0.354 e. The van der Waals surface area contributed by atoms with E-state index in [0.29, 0.717) is 0 Å². The van der Waals surface area contributed by atoms with Gasteiger partial charge in [-0.2, -0.15) is 13.4 Å². The van der Waals surface area contributed by atoms with Crippen molar-refractivity contribution in [1.82, 2.24) is 14.5 Å². The number of anilines is 1. The maximum atomic E-state index is 11.6. The Morgan fingerprint density at radius 1 is 1.48 bits per heavy atom. The summed E-state index contributed by atoms with van der Waals surface area (Å²) in [6.07, 6.45) is -3.50. The molecule has 2 rings (SSSR count). The normalized spacial score (nSPS) is 29.7. The van der Waals surface area contributed by atoms with E-state index in [1.54, 1.807) is 0 Å². The van der Waals surface area contributed by atoms with Crippen LogP contribution in [0.4, 0.5) is 5.95 Å². The van der Waals surface area contributed by atoms with Gasteiger partial charge in [0.1, 0.15) is 24.6 Å². The summed E-state index contributed by atoms with van der Waals surface area (Å²) in [6, 6.07) is 0. The highest BCUT2D eigenvalue weighted by molar-refractivity contribution is 7.85. The second-order valence-electron chi connectivity index (χ2n) is 4.44. The van der Waals surface area contributed by atoms with Gasteiger partial charge in [0.15, 0.2) is 6.23 Å². The molecular weight excluding hydrogens is 308 g/mol. The van der Waals surface area contributed by atoms with Crippen molar-refractivity contribution in [1.29, 1.82) is 0 Å². The second-order valence-corrected chi connectivity index (χ2v) is 6.08. The van der Waals surface area contributed by atoms with Gasteiger partial charge in [-0.1, -0.05) is 0 Å². The van der Waals surface area contributed by atoms with Crippen LogP contribution < -0.4 is 11.4 Å². The molecule has 2 heterocycles. The molecule has 0 saturated carbocycles. The van der Waals surface area contributed by atoms with Crippen molar-refractivity contribution in [3.05, 3.63) is 16.8 Å². The van der Waals surface area contributed by atoms with Crippen molar-refractivity contribution >= 4 is 16.1 Å². The number of nitrogens with two attached hydrogens (primary N) is 1. The Labute approximate surface area is 119 Å². The van der Waals surface area contributed by atoms with Crippen LogP contribution in [0.15, 0.2) is 11.1 Å². The molecule has 1 saturated heterocycles. The number of ether oxygens (including phenoxy) is 1. The van der Waals surface area contributed by atoms with Crippen LogP contribution in [0.1, 0.15) is 6.23 Å². The van der Waals surface area contributed by atoms with E-state index in [-0.39, 0.29) is 5.95 Å². The van der Waals surface area contributed by atoms with Crippen molar-refractivity contribution < 1.29 is 27.6 Å². The molecule has 0 bridgehead atoms. The first-order valence-corrected chi connectivity index (χ1v) is 7.57. The molecule has 1 fully saturated rings. The minimum atomic E-state index is -3.73. The molecule has 0 aliphatic carbocycles. The van der Waals surface area contributed by atoms with Gasteiger partial charge < -0.3 is 20.7 Å². The molecule has 21 heavy (non-hydrogen) atoms. The Bertz CT molecular complexity index is 675. The Balaban J connectivity index is 2.18. The molecule has 118 valence electrons. The number of rotatable bonds is 4. The molecule has 0 amide bonds. The van der Waals surface area contributed by atoms with Crippen molar-refractivity contribution in [3.63, 3.8) is 0 Å². The molecule has 11 nitrogen and oxygen atoms in total. The second kappa shape index (κ2) is 5.65. The van der Waals surface area contributed by atoms with Gasteiger partial charge in [0, 0.05) is 0 Å². The molecule has 4 atom stereocenters. The molecule has 1 aliphatic heterocycles. The lowest BCUT2D eigenvalue weighted by atomic mass is 10.1. The average Bonchev–Trinajstić information content (AvgIpc) is 2.64. The highest BCUT2D eigenvalue weighted by atomic mass is 32.2. The van der Waals surface area contributed by atoms with E-state index in [1.807, 2.05) is 0 Å². The van der Waals surface area contributed by atoms with Gasteiger partial charge in [-0.15, -0.1) is 0 Å². The standard InChI is InChI=1S/C9H14N4O7S/c1-21(17,18)19-2-4-5(14)6(15)7(20-4)13-3-11-8(10)12-9(13)16/h3-7,14-15H,2H2,1H3,(H2,10,12,16)/t4-,5-,6-,7-/m1/s1. The molecule has 0 unspecified atom stereocenters. The van der Waals surface area contributed by atoms with Crippen molar-refractivity contribution in [2.45, 2.75) is 24.5 Å². The number of nitrogens with zero attached hydrogens (tertiary/aromatic N) is 3. The van der Waals surface area contributed by atoms with Gasteiger partial charge in [-0.3, -0.25) is 8.75 Å². The van der Waals surface area contributed by atoms with Crippen LogP contribution in [0.3, 0.4) is 0 Å². The largest absolute Gasteiger partial charge is 0.387 e. The summed E-state index contributed by atoms with van der Waals surface area (Å²) in [7, 11) is -3.73. The number of aromatic nitrogens is 3. The van der Waals surface area contributed by atoms with Gasteiger partial charge >= 0.3 is 5.69 Å². The van der Waals surface area contributed by atoms with Crippen molar-refractivity contribution in [2.24, 2.45) is 0 Å². The zero-order valence-corrected chi connectivity index (χ0v) is 11.7. The van der Waals surface area contributed by atoms with E-state index in [9.17, 15) is 23.4 Å². The molecule has 0 aromatic carbocycles. The lowest BCUT2D eigenvalue weighted by Crippen LogP contribution is -2.36. The van der Waals surface area contributed by atoms with Gasteiger partial charge in [0.05, 0.1) is 12.9 Å². The van der Waals surface area contributed by atoms with Crippen LogP contribution in [0.2, 0.25) is 0 Å². The molecule has 0 spiro atoms. The number of aliphatic hydroxyl groups excluding tert-OH is 2. The fraction of sp³-hybridized carbons (Fsp3) is 0.667. The molecule has 12 heteroatoms. The third kappa shape index (κ3) is 3.54. The average molecular weight is 322 g/mol. The Morgan fingerprint density at radius 3 is 2.71 bits per heavy atom. The van der Waals surface area contributed by atoms with Crippen molar-refractivity contribution in [3.8, 4) is 0 Å². The summed E-state index contributed by atoms with van der Waals surface area (Å²) in [6.45, 7) is -0.502. The minimum Gasteiger partial charge on any atom is -0.387 e. The van der Waals surface area contributed by atoms with Crippen LogP contribution in [-0.4, -0.2) is 64.3 Å². The Hall–Kier alpha value is -1.60. The fourth-order valence-electron chi connectivity index (χ4n) is 1.82. The zero-order chi connectivity index (χ0) is 15.8. The van der Waals surface area contributed by atoms with Crippen LogP contribution in [0, 0.1) is 0 Å². The Kier molecular flexibility index (Phi) is 4.25. The van der Waals surface area contributed by atoms with Gasteiger partial charge in [0.25, 0.3) is 10.1 Å². The maximum absolute atomic E-state index is 11.6. The molecule has 4 N–H and O–H groups in total. The number of hydrogen-bond acceptors (Lipinski definition) is 10. The van der Waals surface area contributed by atoms with E-state index in [4.69, 9.17) is 10.5 Å². The summed E-state index contributed by atoms with van der Waals surface area (Å²) < 4.78 is 32.4. The predicted molar refractivity (Wildman–Crippen MR) is 67.4 cm³/mol. The molecule has 0 radical (unpaired) electrons. The van der Waals surface area contributed by atoms with E-state index in [1.165, 1.54) is 0 Å². The fourth-order valence-corrected chi connectivity index (χ4v) is 2.20. The maximum Gasteiger partial charge on any atom is 0.354 e. The number of hydrogen-bond donors (Lipinski definition) is 3. The van der Waals surface area contributed by atoms with Gasteiger partial charge in [0.2, 0.25) is 5.95 Å². The lowest BCUT2D eigenvalue weighted by molar-refractivity contribution is -0.0512.